The van der Waals surface area contributed by atoms with E-state index in [0.29, 0.717) is 28.5 Å². The number of amides is 1. The molecule has 3 aromatic rings. The molecule has 0 aliphatic rings. The maximum absolute atomic E-state index is 13.2. The summed E-state index contributed by atoms with van der Waals surface area (Å²) in [6, 6.07) is 13.6. The highest BCUT2D eigenvalue weighted by Crippen LogP contribution is 2.21. The highest BCUT2D eigenvalue weighted by atomic mass is 19.2. The van der Waals surface area contributed by atoms with Gasteiger partial charge in [-0.1, -0.05) is 12.1 Å². The summed E-state index contributed by atoms with van der Waals surface area (Å²) in [6.45, 7) is 0. The van der Waals surface area contributed by atoms with Gasteiger partial charge in [-0.3, -0.25) is 4.79 Å². The summed E-state index contributed by atoms with van der Waals surface area (Å²) in [6.07, 6.45) is 1.45. The second-order valence-corrected chi connectivity index (χ2v) is 5.34. The van der Waals surface area contributed by atoms with Crippen LogP contribution in [0, 0.1) is 11.6 Å². The average molecular weight is 355 g/mol. The van der Waals surface area contributed by atoms with E-state index in [4.69, 9.17) is 4.74 Å². The number of carbonyl (C=O) groups excluding carboxylic acids is 1. The standard InChI is InChI=1S/C19H15F2N3O2/c1-26-17-5-3-2-4-14(17)19(25)24-13-7-9-18(22-11-13)23-12-6-8-15(20)16(21)10-12/h2-11H,1H3,(H,22,23)(H,24,25). The summed E-state index contributed by atoms with van der Waals surface area (Å²) in [5.41, 5.74) is 1.25. The first-order valence-corrected chi connectivity index (χ1v) is 7.69. The molecule has 2 aromatic carbocycles. The van der Waals surface area contributed by atoms with Crippen molar-refractivity contribution in [2.45, 2.75) is 0 Å². The normalized spacial score (nSPS) is 10.3. The number of nitrogens with one attached hydrogen (secondary N) is 2. The van der Waals surface area contributed by atoms with E-state index in [1.807, 2.05) is 0 Å². The lowest BCUT2D eigenvalue weighted by molar-refractivity contribution is 0.102. The topological polar surface area (TPSA) is 63.2 Å². The van der Waals surface area contributed by atoms with Gasteiger partial charge in [-0.2, -0.15) is 0 Å². The van der Waals surface area contributed by atoms with Crippen molar-refractivity contribution in [1.82, 2.24) is 4.98 Å². The largest absolute Gasteiger partial charge is 0.496 e. The first-order chi connectivity index (χ1) is 12.6. The van der Waals surface area contributed by atoms with Gasteiger partial charge in [-0.05, 0) is 36.4 Å². The predicted octanol–water partition coefficient (Wildman–Crippen LogP) is 4.36. The Kier molecular flexibility index (Phi) is 5.07. The number of aromatic nitrogens is 1. The van der Waals surface area contributed by atoms with Crippen LogP contribution in [0.5, 0.6) is 5.75 Å². The molecule has 1 aromatic heterocycles. The summed E-state index contributed by atoms with van der Waals surface area (Å²) in [7, 11) is 1.49. The van der Waals surface area contributed by atoms with Crippen LogP contribution in [-0.4, -0.2) is 18.0 Å². The number of halogens is 2. The van der Waals surface area contributed by atoms with E-state index in [0.717, 1.165) is 12.1 Å². The molecule has 132 valence electrons. The molecule has 3 rings (SSSR count). The highest BCUT2D eigenvalue weighted by molar-refractivity contribution is 6.06. The van der Waals surface area contributed by atoms with Gasteiger partial charge in [0.05, 0.1) is 24.6 Å². The van der Waals surface area contributed by atoms with E-state index in [-0.39, 0.29) is 5.91 Å². The van der Waals surface area contributed by atoms with Crippen LogP contribution in [0.4, 0.5) is 26.0 Å². The summed E-state index contributed by atoms with van der Waals surface area (Å²) < 4.78 is 31.3. The Morgan fingerprint density at radius 3 is 2.46 bits per heavy atom. The number of benzene rings is 2. The van der Waals surface area contributed by atoms with E-state index >= 15 is 0 Å². The number of carbonyl (C=O) groups is 1. The monoisotopic (exact) mass is 355 g/mol. The molecule has 0 bridgehead atoms. The Hall–Kier alpha value is -3.48. The summed E-state index contributed by atoms with van der Waals surface area (Å²) in [5, 5.41) is 5.57. The molecule has 0 atom stereocenters. The molecule has 0 aliphatic carbocycles. The lowest BCUT2D eigenvalue weighted by Crippen LogP contribution is -2.13. The van der Waals surface area contributed by atoms with Gasteiger partial charge < -0.3 is 15.4 Å². The number of ether oxygens (including phenoxy) is 1. The van der Waals surface area contributed by atoms with Crippen molar-refractivity contribution in [2.24, 2.45) is 0 Å². The SMILES string of the molecule is COc1ccccc1C(=O)Nc1ccc(Nc2ccc(F)c(F)c2)nc1. The Bertz CT molecular complexity index is 930. The number of para-hydroxylation sites is 1. The molecule has 5 nitrogen and oxygen atoms in total. The van der Waals surface area contributed by atoms with Crippen molar-refractivity contribution >= 4 is 23.1 Å². The maximum Gasteiger partial charge on any atom is 0.259 e. The average Bonchev–Trinajstić information content (AvgIpc) is 2.66. The van der Waals surface area contributed by atoms with Crippen LogP contribution in [-0.2, 0) is 0 Å². The van der Waals surface area contributed by atoms with Crippen molar-refractivity contribution in [2.75, 3.05) is 17.7 Å². The molecule has 0 aliphatic heterocycles. The quantitative estimate of drug-likeness (QED) is 0.714. The molecule has 0 unspecified atom stereocenters. The second-order valence-electron chi connectivity index (χ2n) is 5.34. The zero-order valence-corrected chi connectivity index (χ0v) is 13.8. The van der Waals surface area contributed by atoms with Crippen molar-refractivity contribution in [3.05, 3.63) is 78.0 Å². The minimum Gasteiger partial charge on any atom is -0.496 e. The van der Waals surface area contributed by atoms with Crippen LogP contribution >= 0.6 is 0 Å². The van der Waals surface area contributed by atoms with Crippen LogP contribution in [0.2, 0.25) is 0 Å². The molecule has 0 fully saturated rings. The predicted molar refractivity (Wildman–Crippen MR) is 94.8 cm³/mol. The maximum atomic E-state index is 13.2. The third kappa shape index (κ3) is 3.94. The zero-order chi connectivity index (χ0) is 18.5. The number of nitrogens with zero attached hydrogens (tertiary/aromatic N) is 1. The number of hydrogen-bond acceptors (Lipinski definition) is 4. The number of anilines is 3. The molecule has 1 heterocycles. The smallest absolute Gasteiger partial charge is 0.259 e. The minimum absolute atomic E-state index is 0.328. The van der Waals surface area contributed by atoms with Gasteiger partial charge in [0.1, 0.15) is 11.6 Å². The molecule has 0 radical (unpaired) electrons. The van der Waals surface area contributed by atoms with Crippen LogP contribution in [0.3, 0.4) is 0 Å². The number of methoxy groups -OCH3 is 1. The van der Waals surface area contributed by atoms with E-state index in [2.05, 4.69) is 15.6 Å². The van der Waals surface area contributed by atoms with E-state index in [9.17, 15) is 13.6 Å². The van der Waals surface area contributed by atoms with Crippen LogP contribution < -0.4 is 15.4 Å². The first-order valence-electron chi connectivity index (χ1n) is 7.69. The van der Waals surface area contributed by atoms with E-state index in [1.165, 1.54) is 19.4 Å². The molecular formula is C19H15F2N3O2. The summed E-state index contributed by atoms with van der Waals surface area (Å²) in [5.74, 6) is -1.31. The third-order valence-electron chi connectivity index (χ3n) is 3.56. The Labute approximate surface area is 148 Å². The van der Waals surface area contributed by atoms with E-state index in [1.54, 1.807) is 36.4 Å². The number of rotatable bonds is 5. The Morgan fingerprint density at radius 1 is 1.00 bits per heavy atom. The van der Waals surface area contributed by atoms with Crippen LogP contribution in [0.25, 0.3) is 0 Å². The van der Waals surface area contributed by atoms with Crippen molar-refractivity contribution in [1.29, 1.82) is 0 Å². The van der Waals surface area contributed by atoms with Gasteiger partial charge in [-0.15, -0.1) is 0 Å². The van der Waals surface area contributed by atoms with E-state index < -0.39 is 11.6 Å². The molecular weight excluding hydrogens is 340 g/mol. The van der Waals surface area contributed by atoms with Crippen molar-refractivity contribution < 1.29 is 18.3 Å². The fraction of sp³-hybridized carbons (Fsp3) is 0.0526. The fourth-order valence-corrected chi connectivity index (χ4v) is 2.29. The number of pyridine rings is 1. The third-order valence-corrected chi connectivity index (χ3v) is 3.56. The molecule has 0 saturated heterocycles. The molecule has 0 spiro atoms. The molecule has 7 heteroatoms. The second kappa shape index (κ2) is 7.60. The lowest BCUT2D eigenvalue weighted by Gasteiger charge is -2.10. The lowest BCUT2D eigenvalue weighted by atomic mass is 10.2. The minimum atomic E-state index is -0.948. The van der Waals surface area contributed by atoms with Crippen molar-refractivity contribution in [3.8, 4) is 5.75 Å². The van der Waals surface area contributed by atoms with Gasteiger partial charge in [0.15, 0.2) is 11.6 Å². The highest BCUT2D eigenvalue weighted by Gasteiger charge is 2.11. The van der Waals surface area contributed by atoms with Crippen LogP contribution in [0.15, 0.2) is 60.8 Å². The fourth-order valence-electron chi connectivity index (χ4n) is 2.29. The zero-order valence-electron chi connectivity index (χ0n) is 13.8. The van der Waals surface area contributed by atoms with Gasteiger partial charge in [0.25, 0.3) is 5.91 Å². The van der Waals surface area contributed by atoms with Gasteiger partial charge >= 0.3 is 0 Å². The number of hydrogen-bond donors (Lipinski definition) is 2. The molecule has 1 amide bonds. The molecule has 2 N–H and O–H groups in total. The van der Waals surface area contributed by atoms with Crippen LogP contribution in [0.1, 0.15) is 10.4 Å². The Balaban J connectivity index is 1.69. The van der Waals surface area contributed by atoms with Gasteiger partial charge in [0, 0.05) is 11.8 Å². The summed E-state index contributed by atoms with van der Waals surface area (Å²) >= 11 is 0. The van der Waals surface area contributed by atoms with Gasteiger partial charge in [-0.25, -0.2) is 13.8 Å². The summed E-state index contributed by atoms with van der Waals surface area (Å²) in [4.78, 5) is 16.5. The van der Waals surface area contributed by atoms with Gasteiger partial charge in [0.2, 0.25) is 0 Å². The molecule has 0 saturated carbocycles. The van der Waals surface area contributed by atoms with Crippen molar-refractivity contribution in [3.63, 3.8) is 0 Å². The first kappa shape index (κ1) is 17.3. The molecule has 26 heavy (non-hydrogen) atoms. The Morgan fingerprint density at radius 2 is 1.77 bits per heavy atom.